The second-order valence-electron chi connectivity index (χ2n) is 5.10. The van der Waals surface area contributed by atoms with Crippen molar-refractivity contribution in [2.24, 2.45) is 0 Å². The van der Waals surface area contributed by atoms with Crippen LogP contribution in [0.15, 0.2) is 53.0 Å². The largest absolute Gasteiger partial charge is 0.284 e. The van der Waals surface area contributed by atoms with Crippen LogP contribution in [0.1, 0.15) is 16.1 Å². The van der Waals surface area contributed by atoms with E-state index in [0.717, 1.165) is 18.0 Å². The minimum Gasteiger partial charge on any atom is -0.268 e. The maximum Gasteiger partial charge on any atom is 0.284 e. The number of pyridine rings is 1. The molecule has 0 aliphatic heterocycles. The standard InChI is InChI=1S/C16H12FN3O3S2/c1-10-9-24-15(19-10)12-5-2-4-11(8-12)14(21)20-25(22,23)16-13(17)6-3-7-18-16/h2-9H,1H3,(H,20,21). The van der Waals surface area contributed by atoms with Crippen molar-refractivity contribution in [3.8, 4) is 10.6 Å². The number of thiazole rings is 1. The van der Waals surface area contributed by atoms with E-state index < -0.39 is 26.8 Å². The van der Waals surface area contributed by atoms with Gasteiger partial charge in [0, 0.05) is 28.4 Å². The first-order valence-electron chi connectivity index (χ1n) is 7.07. The summed E-state index contributed by atoms with van der Waals surface area (Å²) in [6, 6.07) is 8.59. The molecule has 0 aliphatic rings. The van der Waals surface area contributed by atoms with Crippen molar-refractivity contribution in [2.45, 2.75) is 11.9 Å². The first-order valence-corrected chi connectivity index (χ1v) is 9.43. The van der Waals surface area contributed by atoms with Crippen LogP contribution < -0.4 is 4.72 Å². The summed E-state index contributed by atoms with van der Waals surface area (Å²) in [5.74, 6) is -1.91. The van der Waals surface area contributed by atoms with Gasteiger partial charge in [-0.25, -0.2) is 19.1 Å². The van der Waals surface area contributed by atoms with Crippen LogP contribution in [0.25, 0.3) is 10.6 Å². The number of rotatable bonds is 4. The van der Waals surface area contributed by atoms with E-state index >= 15 is 0 Å². The Labute approximate surface area is 147 Å². The third-order valence-electron chi connectivity index (χ3n) is 3.20. The summed E-state index contributed by atoms with van der Waals surface area (Å²) in [5.41, 5.74) is 1.65. The van der Waals surface area contributed by atoms with E-state index in [0.29, 0.717) is 10.6 Å². The fourth-order valence-corrected chi connectivity index (χ4v) is 3.86. The van der Waals surface area contributed by atoms with E-state index in [9.17, 15) is 17.6 Å². The van der Waals surface area contributed by atoms with Crippen molar-refractivity contribution in [1.82, 2.24) is 14.7 Å². The van der Waals surface area contributed by atoms with Crippen molar-refractivity contribution in [3.63, 3.8) is 0 Å². The molecule has 3 aromatic rings. The Bertz CT molecular complexity index is 1050. The van der Waals surface area contributed by atoms with Crippen molar-refractivity contribution < 1.29 is 17.6 Å². The van der Waals surface area contributed by atoms with Crippen LogP contribution in [0, 0.1) is 12.7 Å². The third-order valence-corrected chi connectivity index (χ3v) is 5.47. The molecule has 0 radical (unpaired) electrons. The first-order chi connectivity index (χ1) is 11.9. The van der Waals surface area contributed by atoms with E-state index in [1.165, 1.54) is 29.5 Å². The number of hydrogen-bond donors (Lipinski definition) is 1. The van der Waals surface area contributed by atoms with Gasteiger partial charge >= 0.3 is 0 Å². The SMILES string of the molecule is Cc1csc(-c2cccc(C(=O)NS(=O)(=O)c3ncccc3F)c2)n1. The Morgan fingerprint density at radius 2 is 2.04 bits per heavy atom. The molecule has 9 heteroatoms. The van der Waals surface area contributed by atoms with Gasteiger partial charge in [0.05, 0.1) is 0 Å². The van der Waals surface area contributed by atoms with Crippen LogP contribution in [0.3, 0.4) is 0 Å². The Balaban J connectivity index is 1.88. The summed E-state index contributed by atoms with van der Waals surface area (Å²) in [4.78, 5) is 20.1. The molecule has 0 saturated carbocycles. The maximum atomic E-state index is 13.6. The fourth-order valence-electron chi connectivity index (χ4n) is 2.08. The van der Waals surface area contributed by atoms with Gasteiger partial charge in [-0.2, -0.15) is 8.42 Å². The summed E-state index contributed by atoms with van der Waals surface area (Å²) in [7, 11) is -4.41. The van der Waals surface area contributed by atoms with Gasteiger partial charge in [-0.05, 0) is 31.2 Å². The topological polar surface area (TPSA) is 89.0 Å². The zero-order valence-corrected chi connectivity index (χ0v) is 14.6. The van der Waals surface area contributed by atoms with Crippen molar-refractivity contribution in [3.05, 3.63) is 65.0 Å². The molecule has 0 unspecified atom stereocenters. The second-order valence-corrected chi connectivity index (χ2v) is 7.56. The first kappa shape index (κ1) is 17.2. The van der Waals surface area contributed by atoms with Crippen LogP contribution in [0.2, 0.25) is 0 Å². The number of carbonyl (C=O) groups excluding carboxylic acids is 1. The number of nitrogens with zero attached hydrogens (tertiary/aromatic N) is 2. The van der Waals surface area contributed by atoms with Gasteiger partial charge in [0.1, 0.15) is 5.01 Å². The zero-order chi connectivity index (χ0) is 18.0. The van der Waals surface area contributed by atoms with Crippen LogP contribution >= 0.6 is 11.3 Å². The highest BCUT2D eigenvalue weighted by Gasteiger charge is 2.24. The number of sulfonamides is 1. The van der Waals surface area contributed by atoms with Crippen LogP contribution in [0.5, 0.6) is 0 Å². The summed E-state index contributed by atoms with van der Waals surface area (Å²) in [5, 5.41) is 1.76. The van der Waals surface area contributed by atoms with E-state index in [-0.39, 0.29) is 5.56 Å². The molecule has 0 bridgehead atoms. The molecule has 3 rings (SSSR count). The summed E-state index contributed by atoms with van der Waals surface area (Å²) >= 11 is 1.41. The monoisotopic (exact) mass is 377 g/mol. The minimum atomic E-state index is -4.41. The highest BCUT2D eigenvalue weighted by molar-refractivity contribution is 7.90. The lowest BCUT2D eigenvalue weighted by Crippen LogP contribution is -2.31. The van der Waals surface area contributed by atoms with Crippen molar-refractivity contribution in [1.29, 1.82) is 0 Å². The molecule has 0 fully saturated rings. The smallest absolute Gasteiger partial charge is 0.268 e. The average molecular weight is 377 g/mol. The lowest BCUT2D eigenvalue weighted by atomic mass is 10.1. The lowest BCUT2D eigenvalue weighted by molar-refractivity contribution is 0.0981. The molecule has 128 valence electrons. The number of carbonyl (C=O) groups is 1. The lowest BCUT2D eigenvalue weighted by Gasteiger charge is -2.07. The van der Waals surface area contributed by atoms with E-state index in [2.05, 4.69) is 9.97 Å². The average Bonchev–Trinajstić information content (AvgIpc) is 3.01. The number of amides is 1. The van der Waals surface area contributed by atoms with Gasteiger partial charge < -0.3 is 0 Å². The number of benzene rings is 1. The Morgan fingerprint density at radius 3 is 2.72 bits per heavy atom. The number of nitrogens with one attached hydrogen (secondary N) is 1. The van der Waals surface area contributed by atoms with Gasteiger partial charge in [0.15, 0.2) is 5.82 Å². The predicted molar refractivity (Wildman–Crippen MR) is 91.1 cm³/mol. The van der Waals surface area contributed by atoms with Gasteiger partial charge in [0.2, 0.25) is 5.03 Å². The second kappa shape index (κ2) is 6.69. The summed E-state index contributed by atoms with van der Waals surface area (Å²) < 4.78 is 39.8. The van der Waals surface area contributed by atoms with Crippen molar-refractivity contribution in [2.75, 3.05) is 0 Å². The zero-order valence-electron chi connectivity index (χ0n) is 12.9. The van der Waals surface area contributed by atoms with Gasteiger partial charge in [0.25, 0.3) is 15.9 Å². The van der Waals surface area contributed by atoms with Crippen LogP contribution in [-0.4, -0.2) is 24.3 Å². The molecule has 0 spiro atoms. The molecule has 0 aliphatic carbocycles. The van der Waals surface area contributed by atoms with Crippen LogP contribution in [-0.2, 0) is 10.0 Å². The predicted octanol–water partition coefficient (Wildman–Crippen LogP) is 2.77. The Morgan fingerprint density at radius 1 is 1.24 bits per heavy atom. The van der Waals surface area contributed by atoms with Crippen molar-refractivity contribution >= 4 is 27.3 Å². The Hall–Kier alpha value is -2.65. The molecule has 0 atom stereocenters. The van der Waals surface area contributed by atoms with Gasteiger partial charge in [-0.1, -0.05) is 12.1 Å². The normalized spacial score (nSPS) is 11.3. The molecule has 2 aromatic heterocycles. The molecule has 6 nitrogen and oxygen atoms in total. The number of aromatic nitrogens is 2. The molecule has 1 N–H and O–H groups in total. The molecular weight excluding hydrogens is 365 g/mol. The maximum absolute atomic E-state index is 13.6. The molecule has 1 aromatic carbocycles. The number of halogens is 1. The Kier molecular flexibility index (Phi) is 4.60. The van der Waals surface area contributed by atoms with Crippen LogP contribution in [0.4, 0.5) is 4.39 Å². The molecule has 25 heavy (non-hydrogen) atoms. The third kappa shape index (κ3) is 3.72. The number of aryl methyl sites for hydroxylation is 1. The van der Waals surface area contributed by atoms with Gasteiger partial charge in [-0.15, -0.1) is 11.3 Å². The highest BCUT2D eigenvalue weighted by atomic mass is 32.2. The molecule has 0 saturated heterocycles. The summed E-state index contributed by atoms with van der Waals surface area (Å²) in [6.45, 7) is 1.85. The van der Waals surface area contributed by atoms with E-state index in [1.54, 1.807) is 12.1 Å². The molecular formula is C16H12FN3O3S2. The molecule has 1 amide bonds. The fraction of sp³-hybridized carbons (Fsp3) is 0.0625. The number of hydrogen-bond acceptors (Lipinski definition) is 6. The van der Waals surface area contributed by atoms with E-state index in [4.69, 9.17) is 0 Å². The molecule has 2 heterocycles. The minimum absolute atomic E-state index is 0.116. The summed E-state index contributed by atoms with van der Waals surface area (Å²) in [6.07, 6.45) is 1.13. The highest BCUT2D eigenvalue weighted by Crippen LogP contribution is 2.24. The van der Waals surface area contributed by atoms with Gasteiger partial charge in [-0.3, -0.25) is 4.79 Å². The quantitative estimate of drug-likeness (QED) is 0.755. The van der Waals surface area contributed by atoms with E-state index in [1.807, 2.05) is 17.0 Å².